The molecule has 1 aromatic rings. The number of nitrogens with zero attached hydrogens (tertiary/aromatic N) is 1. The lowest BCUT2D eigenvalue weighted by atomic mass is 10.3. The zero-order valence-electron chi connectivity index (χ0n) is 10.9. The van der Waals surface area contributed by atoms with Gasteiger partial charge in [-0.15, -0.1) is 0 Å². The van der Waals surface area contributed by atoms with Crippen LogP contribution in [0.25, 0.3) is 0 Å². The molecule has 0 radical (unpaired) electrons. The highest BCUT2D eigenvalue weighted by Crippen LogP contribution is 2.00. The summed E-state index contributed by atoms with van der Waals surface area (Å²) in [7, 11) is 0. The Kier molecular flexibility index (Phi) is 8.00. The first kappa shape index (κ1) is 15.8. The number of hydrogen-bond donors (Lipinski definition) is 2. The maximum Gasteiger partial charge on any atom is 0.250 e. The smallest absolute Gasteiger partial charge is 0.250 e. The summed E-state index contributed by atoms with van der Waals surface area (Å²) < 4.78 is 1.52. The van der Waals surface area contributed by atoms with Crippen LogP contribution in [0.15, 0.2) is 29.2 Å². The number of pyridine rings is 1. The van der Waals surface area contributed by atoms with Crippen molar-refractivity contribution in [1.29, 1.82) is 0 Å². The number of aliphatic hydroxyl groups is 1. The molecule has 19 heavy (non-hydrogen) atoms. The molecule has 0 atom stereocenters. The Morgan fingerprint density at radius 3 is 2.95 bits per heavy atom. The zero-order valence-corrected chi connectivity index (χ0v) is 11.7. The van der Waals surface area contributed by atoms with Crippen molar-refractivity contribution in [3.63, 3.8) is 0 Å². The Balaban J connectivity index is 2.12. The number of amides is 1. The predicted octanol–water partition coefficient (Wildman–Crippen LogP) is 0.470. The molecule has 106 valence electrons. The van der Waals surface area contributed by atoms with E-state index in [-0.39, 0.29) is 18.1 Å². The Bertz CT molecular complexity index is 434. The van der Waals surface area contributed by atoms with Crippen LogP contribution in [0.3, 0.4) is 0 Å². The van der Waals surface area contributed by atoms with Crippen molar-refractivity contribution in [2.45, 2.75) is 19.4 Å². The Hall–Kier alpha value is -1.27. The maximum atomic E-state index is 11.5. The third-order valence-electron chi connectivity index (χ3n) is 2.49. The number of hydrogen-bond acceptors (Lipinski definition) is 4. The van der Waals surface area contributed by atoms with Gasteiger partial charge in [0.2, 0.25) is 5.91 Å². The summed E-state index contributed by atoms with van der Waals surface area (Å²) in [5.41, 5.74) is -0.0881. The Morgan fingerprint density at radius 1 is 1.37 bits per heavy atom. The number of rotatable bonds is 9. The minimum Gasteiger partial charge on any atom is -0.396 e. The molecule has 1 rings (SSSR count). The van der Waals surface area contributed by atoms with E-state index in [1.165, 1.54) is 10.6 Å². The second kappa shape index (κ2) is 9.63. The zero-order chi connectivity index (χ0) is 13.9. The van der Waals surface area contributed by atoms with E-state index >= 15 is 0 Å². The van der Waals surface area contributed by atoms with Crippen LogP contribution in [-0.4, -0.2) is 40.2 Å². The van der Waals surface area contributed by atoms with Gasteiger partial charge >= 0.3 is 0 Å². The van der Waals surface area contributed by atoms with Crippen molar-refractivity contribution in [3.05, 3.63) is 34.7 Å². The lowest BCUT2D eigenvalue weighted by molar-refractivity contribution is -0.121. The normalized spacial score (nSPS) is 10.4. The average molecular weight is 284 g/mol. The Labute approximate surface area is 117 Å². The largest absolute Gasteiger partial charge is 0.396 e. The molecule has 0 aliphatic rings. The highest BCUT2D eigenvalue weighted by molar-refractivity contribution is 7.99. The van der Waals surface area contributed by atoms with Crippen LogP contribution in [0, 0.1) is 0 Å². The molecular formula is C13H20N2O3S. The number of carbonyl (C=O) groups excluding carboxylic acids is 1. The molecule has 6 heteroatoms. The summed E-state index contributed by atoms with van der Waals surface area (Å²) in [5, 5.41) is 11.4. The fourth-order valence-corrected chi connectivity index (χ4v) is 2.27. The van der Waals surface area contributed by atoms with Crippen LogP contribution in [-0.2, 0) is 11.3 Å². The fourth-order valence-electron chi connectivity index (χ4n) is 1.49. The number of aliphatic hydroxyl groups excluding tert-OH is 1. The molecule has 0 spiro atoms. The molecule has 0 bridgehead atoms. The van der Waals surface area contributed by atoms with E-state index < -0.39 is 0 Å². The van der Waals surface area contributed by atoms with Crippen molar-refractivity contribution in [2.24, 2.45) is 0 Å². The fraction of sp³-hybridized carbons (Fsp3) is 0.538. The SMILES string of the molecule is O=C(CCn1ccccc1=O)NCCSCCCO. The standard InChI is InChI=1S/C13H20N2O3S/c16-9-3-10-19-11-6-14-12(17)5-8-15-7-2-1-4-13(15)18/h1-2,4,7,16H,3,5-6,8-11H2,(H,14,17). The monoisotopic (exact) mass is 284 g/mol. The topological polar surface area (TPSA) is 71.3 Å². The molecule has 1 amide bonds. The summed E-state index contributed by atoms with van der Waals surface area (Å²) >= 11 is 1.71. The predicted molar refractivity (Wildman–Crippen MR) is 77.4 cm³/mol. The van der Waals surface area contributed by atoms with E-state index in [0.717, 1.165) is 17.9 Å². The van der Waals surface area contributed by atoms with E-state index in [9.17, 15) is 9.59 Å². The minimum absolute atomic E-state index is 0.0430. The first-order valence-electron chi connectivity index (χ1n) is 6.35. The van der Waals surface area contributed by atoms with Gasteiger partial charge < -0.3 is 15.0 Å². The van der Waals surface area contributed by atoms with Gasteiger partial charge in [-0.3, -0.25) is 9.59 Å². The molecule has 2 N–H and O–H groups in total. The van der Waals surface area contributed by atoms with E-state index in [1.54, 1.807) is 30.1 Å². The van der Waals surface area contributed by atoms with Crippen LogP contribution < -0.4 is 10.9 Å². The number of aryl methyl sites for hydroxylation is 1. The molecule has 0 aliphatic heterocycles. The third-order valence-corrected chi connectivity index (χ3v) is 3.56. The number of aromatic nitrogens is 1. The summed E-state index contributed by atoms with van der Waals surface area (Å²) in [4.78, 5) is 22.9. The van der Waals surface area contributed by atoms with Crippen molar-refractivity contribution < 1.29 is 9.90 Å². The summed E-state index contributed by atoms with van der Waals surface area (Å²) in [6.45, 7) is 1.24. The van der Waals surface area contributed by atoms with Gasteiger partial charge in [0, 0.05) is 44.1 Å². The Morgan fingerprint density at radius 2 is 2.21 bits per heavy atom. The van der Waals surface area contributed by atoms with Crippen LogP contribution in [0.5, 0.6) is 0 Å². The van der Waals surface area contributed by atoms with Crippen LogP contribution in [0.1, 0.15) is 12.8 Å². The van der Waals surface area contributed by atoms with Gasteiger partial charge in [-0.1, -0.05) is 6.07 Å². The van der Waals surface area contributed by atoms with Crippen molar-refractivity contribution in [2.75, 3.05) is 24.7 Å². The van der Waals surface area contributed by atoms with Crippen molar-refractivity contribution in [3.8, 4) is 0 Å². The molecule has 0 saturated heterocycles. The van der Waals surface area contributed by atoms with Gasteiger partial charge in [-0.2, -0.15) is 11.8 Å². The van der Waals surface area contributed by atoms with E-state index in [0.29, 0.717) is 19.5 Å². The van der Waals surface area contributed by atoms with Gasteiger partial charge in [-0.05, 0) is 18.2 Å². The number of thioether (sulfide) groups is 1. The molecule has 1 aromatic heterocycles. The maximum absolute atomic E-state index is 11.5. The highest BCUT2D eigenvalue weighted by Gasteiger charge is 2.01. The van der Waals surface area contributed by atoms with Gasteiger partial charge in [0.25, 0.3) is 5.56 Å². The molecule has 1 heterocycles. The first-order valence-corrected chi connectivity index (χ1v) is 7.50. The van der Waals surface area contributed by atoms with E-state index in [4.69, 9.17) is 5.11 Å². The van der Waals surface area contributed by atoms with Gasteiger partial charge in [0.15, 0.2) is 0 Å². The average Bonchev–Trinajstić information content (AvgIpc) is 2.42. The minimum atomic E-state index is -0.0881. The second-order valence-electron chi connectivity index (χ2n) is 4.02. The summed E-state index contributed by atoms with van der Waals surface area (Å²) in [6, 6.07) is 4.94. The summed E-state index contributed by atoms with van der Waals surface area (Å²) in [6.07, 6.45) is 2.78. The van der Waals surface area contributed by atoms with E-state index in [2.05, 4.69) is 5.32 Å². The molecule has 0 aliphatic carbocycles. The van der Waals surface area contributed by atoms with Crippen LogP contribution >= 0.6 is 11.8 Å². The van der Waals surface area contributed by atoms with Crippen molar-refractivity contribution in [1.82, 2.24) is 9.88 Å². The molecule has 0 fully saturated rings. The third kappa shape index (κ3) is 7.03. The summed E-state index contributed by atoms with van der Waals surface area (Å²) in [5.74, 6) is 1.71. The van der Waals surface area contributed by atoms with Gasteiger partial charge in [-0.25, -0.2) is 0 Å². The van der Waals surface area contributed by atoms with E-state index in [1.807, 2.05) is 0 Å². The number of carbonyl (C=O) groups is 1. The quantitative estimate of drug-likeness (QED) is 0.647. The highest BCUT2D eigenvalue weighted by atomic mass is 32.2. The lowest BCUT2D eigenvalue weighted by Crippen LogP contribution is -2.28. The van der Waals surface area contributed by atoms with Crippen molar-refractivity contribution >= 4 is 17.7 Å². The number of nitrogens with one attached hydrogen (secondary N) is 1. The van der Waals surface area contributed by atoms with Crippen LogP contribution in [0.4, 0.5) is 0 Å². The van der Waals surface area contributed by atoms with Gasteiger partial charge in [0.05, 0.1) is 0 Å². The van der Waals surface area contributed by atoms with Crippen LogP contribution in [0.2, 0.25) is 0 Å². The van der Waals surface area contributed by atoms with Gasteiger partial charge in [0.1, 0.15) is 0 Å². The molecule has 0 unspecified atom stereocenters. The first-order chi connectivity index (χ1) is 9.24. The second-order valence-corrected chi connectivity index (χ2v) is 5.25. The molecule has 5 nitrogen and oxygen atoms in total. The molecule has 0 saturated carbocycles. The molecular weight excluding hydrogens is 264 g/mol. The lowest BCUT2D eigenvalue weighted by Gasteiger charge is -2.06. The molecule has 0 aromatic carbocycles.